The highest BCUT2D eigenvalue weighted by Crippen LogP contribution is 2.45. The summed E-state index contributed by atoms with van der Waals surface area (Å²) >= 11 is 0. The van der Waals surface area contributed by atoms with Gasteiger partial charge in [-0.1, -0.05) is 422 Å². The molecule has 4 nitrogen and oxygen atoms in total. The predicted molar refractivity (Wildman–Crippen MR) is 568 cm³/mol. The van der Waals surface area contributed by atoms with Gasteiger partial charge >= 0.3 is 0 Å². The molecule has 8 aromatic carbocycles. The topological polar surface area (TPSA) is 48.1 Å². The highest BCUT2D eigenvalue weighted by molar-refractivity contribution is 5.45. The second kappa shape index (κ2) is 53.8. The number of hydrogen-bond acceptors (Lipinski definition) is 4. The Morgan fingerprint density at radius 2 is 0.369 bits per heavy atom. The minimum Gasteiger partial charge on any atom is -0.313 e. The van der Waals surface area contributed by atoms with E-state index >= 15 is 0 Å². The lowest BCUT2D eigenvalue weighted by Gasteiger charge is -2.29. The Morgan fingerprint density at radius 1 is 0.200 bits per heavy atom. The Kier molecular flexibility index (Phi) is 43.1. The van der Waals surface area contributed by atoms with Gasteiger partial charge in [0.1, 0.15) is 0 Å². The van der Waals surface area contributed by atoms with Crippen LogP contribution in [0.25, 0.3) is 0 Å². The molecule has 0 bridgehead atoms. The highest BCUT2D eigenvalue weighted by Gasteiger charge is 2.35. The molecule has 0 unspecified atom stereocenters. The van der Waals surface area contributed by atoms with Crippen molar-refractivity contribution in [3.63, 3.8) is 0 Å². The SMILES string of the molecule is CC(C)C(c1ccc(C(c2ccc(C(C(C)C)C(C)C)cc2)[C@@H]2CCCN2)cc1)C(C)C.CC(C)C(c1ccc(C(c2ccc(C(C(C)C)C(C)C)cc2)[C@H]2CCCN2)cc1)C(C)C.CCCCC(CCCC)c1ccc(C(c2ccc(C(CCCC)CCCC)cc2)[C@H]2CCCN2)cc1.c1cc(C(c2ccc(C3CCCCC3)cc2)[C@@H]2CCCN2)ccc1C1CCCCC1. The Hall–Kier alpha value is -6.40. The van der Waals surface area contributed by atoms with Gasteiger partial charge in [-0.3, -0.25) is 0 Å². The van der Waals surface area contributed by atoms with Crippen LogP contribution < -0.4 is 21.3 Å². The molecule has 2 aliphatic carbocycles. The number of unbranched alkanes of at least 4 members (excludes halogenated alkanes) is 4. The van der Waals surface area contributed by atoms with E-state index in [2.05, 4.69) is 354 Å². The molecule has 4 atom stereocenters. The van der Waals surface area contributed by atoms with Gasteiger partial charge in [0.05, 0.1) is 0 Å². The molecule has 0 radical (unpaired) electrons. The zero-order valence-electron chi connectivity index (χ0n) is 86.4. The van der Waals surface area contributed by atoms with E-state index in [4.69, 9.17) is 0 Å². The lowest BCUT2D eigenvalue weighted by atomic mass is 9.77. The van der Waals surface area contributed by atoms with Crippen molar-refractivity contribution in [3.8, 4) is 0 Å². The van der Waals surface area contributed by atoms with Crippen molar-refractivity contribution < 1.29 is 0 Å². The fourth-order valence-corrected chi connectivity index (χ4v) is 26.0. The fraction of sp³-hybridized carbons (Fsp3) is 0.619. The molecule has 4 saturated heterocycles. The summed E-state index contributed by atoms with van der Waals surface area (Å²) in [6.07, 6.45) is 40.2. The van der Waals surface area contributed by atoms with E-state index in [1.54, 1.807) is 22.3 Å². The average Bonchev–Trinajstić information content (AvgIpc) is 1.30. The zero-order valence-corrected chi connectivity index (χ0v) is 86.4. The van der Waals surface area contributed by atoms with Crippen molar-refractivity contribution in [2.45, 2.75) is 426 Å². The number of rotatable bonds is 40. The summed E-state index contributed by atoms with van der Waals surface area (Å²) in [7, 11) is 0. The van der Waals surface area contributed by atoms with E-state index in [1.165, 1.54) is 266 Å². The maximum Gasteiger partial charge on any atom is 0.0243 e. The van der Waals surface area contributed by atoms with E-state index in [-0.39, 0.29) is 0 Å². The van der Waals surface area contributed by atoms with E-state index in [0.717, 1.165) is 43.3 Å². The fourth-order valence-electron chi connectivity index (χ4n) is 26.0. The van der Waals surface area contributed by atoms with E-state index in [0.29, 0.717) is 119 Å². The molecule has 4 heteroatoms. The Balaban J connectivity index is 0.000000168. The van der Waals surface area contributed by atoms with E-state index in [9.17, 15) is 0 Å². The van der Waals surface area contributed by atoms with Crippen LogP contribution in [0.3, 0.4) is 0 Å². The largest absolute Gasteiger partial charge is 0.313 e. The van der Waals surface area contributed by atoms with Crippen LogP contribution in [0.1, 0.15) is 491 Å². The molecule has 6 fully saturated rings. The molecule has 4 heterocycles. The summed E-state index contributed by atoms with van der Waals surface area (Å²) in [5.74, 6) is 12.6. The summed E-state index contributed by atoms with van der Waals surface area (Å²) in [5.41, 5.74) is 24.0. The standard InChI is InChI=1S/C35H55N.2C31H47N.C29H39N/c1-5-9-14-28(15-10-6-2)30-19-23-32(24-20-30)35(34-18-13-27-36-34)33-25-21-31(22-26-33)29(16-11-7-3)17-12-8-4;2*1-20(2)29(21(3)4)24-11-15-26(16-12-24)31(28-10-9-19-32-28)27-17-13-25(14-18-27)30(22(5)6)23(7)8;1-3-8-22(9-4-1)24-13-17-26(18-14-24)29(28-12-7-21-30-28)27-19-15-25(16-20-27)23-10-5-2-6-11-23/h19-26,28-29,34-36H,5-18,27H2,1-4H3;2*11-18,20-23,28-32H,9-10,19H2,1-8H3;13-20,22-23,28-30H,1-12,21H2/t34-;3*28-/m1100/s1. The van der Waals surface area contributed by atoms with Gasteiger partial charge in [0.25, 0.3) is 0 Å². The third-order valence-electron chi connectivity index (χ3n) is 32.4. The molecule has 8 aromatic rings. The number of nitrogens with one attached hydrogen (secondary N) is 4. The Bertz CT molecular complexity index is 3890. The normalized spacial score (nSPS) is 18.4. The molecular weight excluding hydrogens is 1570 g/mol. The van der Waals surface area contributed by atoms with Gasteiger partial charge in [0, 0.05) is 47.8 Å². The van der Waals surface area contributed by atoms with Gasteiger partial charge in [0.2, 0.25) is 0 Å². The molecule has 0 aromatic heterocycles. The first-order valence-electron chi connectivity index (χ1n) is 54.7. The molecule has 0 amide bonds. The van der Waals surface area contributed by atoms with Crippen molar-refractivity contribution in [2.75, 3.05) is 26.2 Å². The first-order valence-corrected chi connectivity index (χ1v) is 54.7. The van der Waals surface area contributed by atoms with Gasteiger partial charge in [-0.15, -0.1) is 0 Å². The zero-order chi connectivity index (χ0) is 92.6. The molecule has 6 aliphatic rings. The maximum absolute atomic E-state index is 3.84. The lowest BCUT2D eigenvalue weighted by Crippen LogP contribution is -2.29. The molecule has 0 spiro atoms. The summed E-state index contributed by atoms with van der Waals surface area (Å²) in [6.45, 7) is 51.6. The molecular formula is C126H188N4. The summed E-state index contributed by atoms with van der Waals surface area (Å²) in [4.78, 5) is 0. The maximum atomic E-state index is 3.84. The van der Waals surface area contributed by atoms with Gasteiger partial charge in [-0.2, -0.15) is 0 Å². The van der Waals surface area contributed by atoms with Crippen LogP contribution in [-0.4, -0.2) is 50.3 Å². The minimum atomic E-state index is 0.425. The summed E-state index contributed by atoms with van der Waals surface area (Å²) < 4.78 is 0. The smallest absolute Gasteiger partial charge is 0.0243 e. The predicted octanol–water partition coefficient (Wildman–Crippen LogP) is 34.9. The van der Waals surface area contributed by atoms with Crippen LogP contribution >= 0.6 is 0 Å². The first-order chi connectivity index (χ1) is 63.0. The Labute approximate surface area is 798 Å². The van der Waals surface area contributed by atoms with Crippen LogP contribution in [0, 0.1) is 47.3 Å². The number of hydrogen-bond donors (Lipinski definition) is 4. The van der Waals surface area contributed by atoms with Gasteiger partial charge in [-0.25, -0.2) is 0 Å². The van der Waals surface area contributed by atoms with E-state index in [1.807, 2.05) is 0 Å². The third-order valence-corrected chi connectivity index (χ3v) is 32.4. The molecule has 4 N–H and O–H groups in total. The summed E-state index contributed by atoms with van der Waals surface area (Å²) in [5, 5.41) is 15.3. The van der Waals surface area contributed by atoms with Gasteiger partial charge in [-0.05, 0) is 313 Å². The van der Waals surface area contributed by atoms with E-state index < -0.39 is 0 Å². The average molecular weight is 1760 g/mol. The second-order valence-corrected chi connectivity index (χ2v) is 44.7. The molecule has 14 rings (SSSR count). The third kappa shape index (κ3) is 29.3. The second-order valence-electron chi connectivity index (χ2n) is 44.7. The van der Waals surface area contributed by atoms with Crippen LogP contribution in [0.4, 0.5) is 0 Å². The van der Waals surface area contributed by atoms with Crippen LogP contribution in [-0.2, 0) is 0 Å². The molecule has 2 saturated carbocycles. The van der Waals surface area contributed by atoms with Crippen molar-refractivity contribution >= 4 is 0 Å². The Morgan fingerprint density at radius 3 is 0.531 bits per heavy atom. The number of benzene rings is 8. The highest BCUT2D eigenvalue weighted by atomic mass is 15.0. The van der Waals surface area contributed by atoms with Crippen molar-refractivity contribution in [1.29, 1.82) is 0 Å². The van der Waals surface area contributed by atoms with Crippen molar-refractivity contribution in [3.05, 3.63) is 283 Å². The monoisotopic (exact) mass is 1760 g/mol. The minimum absolute atomic E-state index is 0.425. The first kappa shape index (κ1) is 104. The molecule has 130 heavy (non-hydrogen) atoms. The van der Waals surface area contributed by atoms with Crippen molar-refractivity contribution in [1.82, 2.24) is 21.3 Å². The van der Waals surface area contributed by atoms with Crippen LogP contribution in [0.15, 0.2) is 194 Å². The van der Waals surface area contributed by atoms with Crippen molar-refractivity contribution in [2.24, 2.45) is 47.3 Å². The van der Waals surface area contributed by atoms with Gasteiger partial charge < -0.3 is 21.3 Å². The summed E-state index contributed by atoms with van der Waals surface area (Å²) in [6, 6.07) is 80.0. The molecule has 4 aliphatic heterocycles. The van der Waals surface area contributed by atoms with Crippen LogP contribution in [0.2, 0.25) is 0 Å². The molecule has 712 valence electrons. The van der Waals surface area contributed by atoms with Crippen LogP contribution in [0.5, 0.6) is 0 Å². The lowest BCUT2D eigenvalue weighted by molar-refractivity contribution is 0.387. The van der Waals surface area contributed by atoms with Gasteiger partial charge in [0.15, 0.2) is 0 Å². The quantitative estimate of drug-likeness (QED) is 0.0309.